The van der Waals surface area contributed by atoms with E-state index in [1.165, 1.54) is 10.6 Å². The highest BCUT2D eigenvalue weighted by molar-refractivity contribution is 8.18. The number of nitrogens with zero attached hydrogens (tertiary/aromatic N) is 3. The van der Waals surface area contributed by atoms with Gasteiger partial charge in [0.1, 0.15) is 5.75 Å². The van der Waals surface area contributed by atoms with E-state index in [4.69, 9.17) is 4.74 Å². The van der Waals surface area contributed by atoms with Crippen LogP contribution in [0.5, 0.6) is 5.75 Å². The van der Waals surface area contributed by atoms with Crippen LogP contribution in [0.3, 0.4) is 0 Å². The topological polar surface area (TPSA) is 53.1 Å². The molecule has 0 bridgehead atoms. The molecule has 0 N–H and O–H groups in total. The monoisotopic (exact) mass is 451 g/mol. The molecule has 6 nitrogen and oxygen atoms in total. The molecule has 0 saturated carbocycles. The largest absolute Gasteiger partial charge is 0.493 e. The highest BCUT2D eigenvalue weighted by Gasteiger charge is 2.36. The summed E-state index contributed by atoms with van der Waals surface area (Å²) in [5.41, 5.74) is 2.03. The van der Waals surface area contributed by atoms with Gasteiger partial charge in [0.05, 0.1) is 18.2 Å². The zero-order valence-corrected chi connectivity index (χ0v) is 19.2. The number of rotatable bonds is 8. The van der Waals surface area contributed by atoms with Crippen molar-refractivity contribution in [1.29, 1.82) is 0 Å². The maximum atomic E-state index is 13.0. The molecular formula is C25H29N3O3S. The molecule has 2 heterocycles. The summed E-state index contributed by atoms with van der Waals surface area (Å²) in [6, 6.07) is 18.0. The molecule has 0 atom stereocenters. The Labute approximate surface area is 193 Å². The molecule has 0 spiro atoms. The fourth-order valence-electron chi connectivity index (χ4n) is 3.81. The molecule has 2 aromatic rings. The number of carbonyl (C=O) groups excluding carboxylic acids is 2. The lowest BCUT2D eigenvalue weighted by atomic mass is 10.2. The summed E-state index contributed by atoms with van der Waals surface area (Å²) in [5, 5.41) is -0.212. The van der Waals surface area contributed by atoms with Gasteiger partial charge in [0, 0.05) is 37.4 Å². The van der Waals surface area contributed by atoms with Gasteiger partial charge in [-0.25, -0.2) is 0 Å². The number of amides is 2. The minimum absolute atomic E-state index is 0.212. The first-order chi connectivity index (χ1) is 15.7. The smallest absolute Gasteiger partial charge is 0.294 e. The van der Waals surface area contributed by atoms with Gasteiger partial charge in [-0.05, 0) is 42.5 Å². The normalized spacial score (nSPS) is 18.6. The van der Waals surface area contributed by atoms with Gasteiger partial charge in [-0.2, -0.15) is 0 Å². The van der Waals surface area contributed by atoms with E-state index in [9.17, 15) is 9.59 Å². The molecule has 2 aliphatic heterocycles. The van der Waals surface area contributed by atoms with E-state index in [-0.39, 0.29) is 11.1 Å². The predicted octanol–water partition coefficient (Wildman–Crippen LogP) is 4.68. The van der Waals surface area contributed by atoms with Crippen LogP contribution in [-0.2, 0) is 4.79 Å². The van der Waals surface area contributed by atoms with Crippen molar-refractivity contribution in [1.82, 2.24) is 9.80 Å². The Morgan fingerprint density at radius 1 is 0.969 bits per heavy atom. The van der Waals surface area contributed by atoms with Crippen molar-refractivity contribution in [3.63, 3.8) is 0 Å². The maximum Gasteiger partial charge on any atom is 0.294 e. The third-order valence-electron chi connectivity index (χ3n) is 5.67. The summed E-state index contributed by atoms with van der Waals surface area (Å²) >= 11 is 1.01. The van der Waals surface area contributed by atoms with E-state index in [1.54, 1.807) is 6.08 Å². The number of ether oxygens (including phenoxy) is 1. The molecule has 2 aromatic carbocycles. The summed E-state index contributed by atoms with van der Waals surface area (Å²) in [4.78, 5) is 31.9. The van der Waals surface area contributed by atoms with E-state index in [2.05, 4.69) is 28.9 Å². The lowest BCUT2D eigenvalue weighted by Crippen LogP contribution is -2.50. The van der Waals surface area contributed by atoms with Crippen molar-refractivity contribution in [3.05, 3.63) is 65.1 Å². The standard InChI is InChI=1S/C25H29N3O3S/c1-2-3-17-31-22-12-8-7-9-20(22)18-23-24(29)28(25(30)32-23)19-26-13-15-27(16-14-26)21-10-5-4-6-11-21/h4-12,18H,2-3,13-17,19H2,1H3/b23-18-. The Hall–Kier alpha value is -2.77. The van der Waals surface area contributed by atoms with Gasteiger partial charge in [0.25, 0.3) is 11.1 Å². The molecular weight excluding hydrogens is 422 g/mol. The number of imide groups is 1. The summed E-state index contributed by atoms with van der Waals surface area (Å²) in [6.07, 6.45) is 3.81. The number of para-hydroxylation sites is 2. The van der Waals surface area contributed by atoms with E-state index >= 15 is 0 Å². The Bertz CT molecular complexity index is 971. The summed E-state index contributed by atoms with van der Waals surface area (Å²) in [7, 11) is 0. The van der Waals surface area contributed by atoms with Gasteiger partial charge in [-0.1, -0.05) is 49.7 Å². The first kappa shape index (κ1) is 22.4. The first-order valence-electron chi connectivity index (χ1n) is 11.1. The van der Waals surface area contributed by atoms with Crippen LogP contribution in [0, 0.1) is 0 Å². The summed E-state index contributed by atoms with van der Waals surface area (Å²) in [6.45, 7) is 6.45. The number of unbranched alkanes of at least 4 members (excludes halogenated alkanes) is 1. The summed E-state index contributed by atoms with van der Waals surface area (Å²) < 4.78 is 5.87. The molecule has 7 heteroatoms. The van der Waals surface area contributed by atoms with Crippen molar-refractivity contribution in [2.45, 2.75) is 19.8 Å². The van der Waals surface area contributed by atoms with E-state index in [0.717, 1.165) is 62.1 Å². The number of hydrogen-bond acceptors (Lipinski definition) is 6. The molecule has 0 aliphatic carbocycles. The highest BCUT2D eigenvalue weighted by atomic mass is 32.2. The quantitative estimate of drug-likeness (QED) is 0.429. The highest BCUT2D eigenvalue weighted by Crippen LogP contribution is 2.34. The molecule has 0 unspecified atom stereocenters. The molecule has 2 aliphatic rings. The average Bonchev–Trinajstić information content (AvgIpc) is 3.09. The molecule has 2 saturated heterocycles. The number of carbonyl (C=O) groups is 2. The second-order valence-electron chi connectivity index (χ2n) is 7.93. The zero-order valence-electron chi connectivity index (χ0n) is 18.4. The van der Waals surface area contributed by atoms with Crippen molar-refractivity contribution in [2.24, 2.45) is 0 Å². The van der Waals surface area contributed by atoms with Crippen LogP contribution in [0.1, 0.15) is 25.3 Å². The van der Waals surface area contributed by atoms with Crippen molar-refractivity contribution in [2.75, 3.05) is 44.4 Å². The van der Waals surface area contributed by atoms with E-state index < -0.39 is 0 Å². The molecule has 0 radical (unpaired) electrons. The molecule has 4 rings (SSSR count). The van der Waals surface area contributed by atoms with Gasteiger partial charge in [-0.3, -0.25) is 19.4 Å². The van der Waals surface area contributed by atoms with Gasteiger partial charge >= 0.3 is 0 Å². The lowest BCUT2D eigenvalue weighted by Gasteiger charge is -2.37. The fraction of sp³-hybridized carbons (Fsp3) is 0.360. The Morgan fingerprint density at radius 2 is 1.69 bits per heavy atom. The second kappa shape index (κ2) is 10.7. The first-order valence-corrected chi connectivity index (χ1v) is 12.0. The van der Waals surface area contributed by atoms with Crippen molar-refractivity contribution in [3.8, 4) is 5.75 Å². The Kier molecular flexibility index (Phi) is 7.50. The SMILES string of the molecule is CCCCOc1ccccc1/C=C1\SC(=O)N(CN2CCN(c3ccccc3)CC2)C1=O. The van der Waals surface area contributed by atoms with Crippen LogP contribution in [0.15, 0.2) is 59.5 Å². The summed E-state index contributed by atoms with van der Waals surface area (Å²) in [5.74, 6) is 0.513. The Morgan fingerprint density at radius 3 is 2.44 bits per heavy atom. The molecule has 168 valence electrons. The van der Waals surface area contributed by atoms with Gasteiger partial charge in [0.2, 0.25) is 0 Å². The molecule has 0 aromatic heterocycles. The van der Waals surface area contributed by atoms with Crippen LogP contribution >= 0.6 is 11.8 Å². The van der Waals surface area contributed by atoms with Crippen molar-refractivity contribution < 1.29 is 14.3 Å². The second-order valence-corrected chi connectivity index (χ2v) is 8.92. The van der Waals surface area contributed by atoms with Gasteiger partial charge < -0.3 is 9.64 Å². The van der Waals surface area contributed by atoms with Crippen LogP contribution in [-0.4, -0.2) is 60.4 Å². The number of thioether (sulfide) groups is 1. The average molecular weight is 452 g/mol. The number of anilines is 1. The zero-order chi connectivity index (χ0) is 22.3. The van der Waals surface area contributed by atoms with Crippen LogP contribution in [0.2, 0.25) is 0 Å². The lowest BCUT2D eigenvalue weighted by molar-refractivity contribution is -0.124. The van der Waals surface area contributed by atoms with Crippen LogP contribution in [0.4, 0.5) is 10.5 Å². The minimum atomic E-state index is -0.228. The van der Waals surface area contributed by atoms with E-state index in [0.29, 0.717) is 18.2 Å². The van der Waals surface area contributed by atoms with Crippen LogP contribution in [0.25, 0.3) is 6.08 Å². The van der Waals surface area contributed by atoms with Gasteiger partial charge in [0.15, 0.2) is 0 Å². The van der Waals surface area contributed by atoms with Crippen LogP contribution < -0.4 is 9.64 Å². The molecule has 2 fully saturated rings. The third-order valence-corrected chi connectivity index (χ3v) is 6.58. The van der Waals surface area contributed by atoms with Crippen molar-refractivity contribution >= 4 is 34.7 Å². The predicted molar refractivity (Wildman–Crippen MR) is 130 cm³/mol. The number of hydrogen-bond donors (Lipinski definition) is 0. The maximum absolute atomic E-state index is 13.0. The number of piperazine rings is 1. The van der Waals surface area contributed by atoms with E-state index in [1.807, 2.05) is 42.5 Å². The fourth-order valence-corrected chi connectivity index (χ4v) is 4.63. The molecule has 32 heavy (non-hydrogen) atoms. The Balaban J connectivity index is 1.38. The molecule has 2 amide bonds. The van der Waals surface area contributed by atoms with Gasteiger partial charge in [-0.15, -0.1) is 0 Å². The third kappa shape index (κ3) is 5.34. The minimum Gasteiger partial charge on any atom is -0.493 e. The number of benzene rings is 2.